The highest BCUT2D eigenvalue weighted by molar-refractivity contribution is 7.98. The Morgan fingerprint density at radius 1 is 1.30 bits per heavy atom. The van der Waals surface area contributed by atoms with Crippen LogP contribution in [-0.4, -0.2) is 9.97 Å². The van der Waals surface area contributed by atoms with Crippen LogP contribution in [0.25, 0.3) is 0 Å². The molecule has 0 spiro atoms. The van der Waals surface area contributed by atoms with Crippen LogP contribution >= 0.6 is 24.0 Å². The van der Waals surface area contributed by atoms with Crippen LogP contribution < -0.4 is 0 Å². The highest BCUT2D eigenvalue weighted by atomic mass is 32.2. The molecule has 0 unspecified atom stereocenters. The molecule has 0 fully saturated rings. The number of thioether (sulfide) groups is 1. The number of nitrogens with zero attached hydrogens (tertiary/aromatic N) is 1. The molecular formula is C16H20N2S2. The van der Waals surface area contributed by atoms with Crippen molar-refractivity contribution in [2.24, 2.45) is 0 Å². The van der Waals surface area contributed by atoms with Gasteiger partial charge in [-0.25, -0.2) is 4.98 Å². The molecule has 0 aliphatic heterocycles. The molecule has 0 atom stereocenters. The zero-order valence-electron chi connectivity index (χ0n) is 12.4. The topological polar surface area (TPSA) is 28.7 Å². The van der Waals surface area contributed by atoms with E-state index in [1.165, 1.54) is 10.5 Å². The number of aryl methyl sites for hydroxylation is 2. The minimum Gasteiger partial charge on any atom is -0.346 e. The number of aromatic nitrogens is 2. The molecule has 2 rings (SSSR count). The van der Waals surface area contributed by atoms with E-state index in [0.717, 1.165) is 27.5 Å². The van der Waals surface area contributed by atoms with E-state index in [1.807, 2.05) is 0 Å². The van der Waals surface area contributed by atoms with E-state index < -0.39 is 0 Å². The second-order valence-corrected chi connectivity index (χ2v) is 6.72. The Bertz CT molecular complexity index is 660. The molecule has 20 heavy (non-hydrogen) atoms. The van der Waals surface area contributed by atoms with Crippen molar-refractivity contribution in [1.82, 2.24) is 9.97 Å². The lowest BCUT2D eigenvalue weighted by Gasteiger charge is -2.11. The Labute approximate surface area is 130 Å². The van der Waals surface area contributed by atoms with Crippen LogP contribution in [-0.2, 0) is 5.75 Å². The highest BCUT2D eigenvalue weighted by Gasteiger charge is 2.09. The van der Waals surface area contributed by atoms with Crippen molar-refractivity contribution in [3.63, 3.8) is 0 Å². The van der Waals surface area contributed by atoms with Crippen LogP contribution in [0.2, 0.25) is 0 Å². The number of rotatable bonds is 4. The lowest BCUT2D eigenvalue weighted by atomic mass is 10.0. The second-order valence-electron chi connectivity index (χ2n) is 5.29. The maximum atomic E-state index is 5.41. The third-order valence-electron chi connectivity index (χ3n) is 3.15. The van der Waals surface area contributed by atoms with Crippen molar-refractivity contribution >= 4 is 24.0 Å². The smallest absolute Gasteiger partial charge is 0.133 e. The Morgan fingerprint density at radius 2 is 2.05 bits per heavy atom. The molecule has 0 aliphatic carbocycles. The Balaban J connectivity index is 2.17. The monoisotopic (exact) mass is 304 g/mol. The molecule has 2 aromatic rings. The largest absolute Gasteiger partial charge is 0.346 e. The van der Waals surface area contributed by atoms with E-state index in [-0.39, 0.29) is 0 Å². The van der Waals surface area contributed by atoms with Gasteiger partial charge in [0.2, 0.25) is 0 Å². The number of H-pyrrole nitrogens is 1. The van der Waals surface area contributed by atoms with Crippen LogP contribution in [0.4, 0.5) is 0 Å². The Morgan fingerprint density at radius 3 is 2.65 bits per heavy atom. The summed E-state index contributed by atoms with van der Waals surface area (Å²) in [5.74, 6) is 2.17. The van der Waals surface area contributed by atoms with Gasteiger partial charge in [0.05, 0.1) is 5.75 Å². The molecule has 1 N–H and O–H groups in total. The van der Waals surface area contributed by atoms with Crippen LogP contribution in [0.3, 0.4) is 0 Å². The third kappa shape index (κ3) is 3.70. The van der Waals surface area contributed by atoms with E-state index in [1.54, 1.807) is 11.8 Å². The molecule has 1 heterocycles. The first-order chi connectivity index (χ1) is 9.47. The molecule has 1 aromatic carbocycles. The van der Waals surface area contributed by atoms with E-state index in [2.05, 4.69) is 61.9 Å². The summed E-state index contributed by atoms with van der Waals surface area (Å²) in [4.78, 5) is 9.18. The molecule has 106 valence electrons. The molecule has 0 radical (unpaired) electrons. The average Bonchev–Trinajstić information content (AvgIpc) is 2.35. The van der Waals surface area contributed by atoms with Gasteiger partial charge in [0.25, 0.3) is 0 Å². The molecular weight excluding hydrogens is 284 g/mol. The summed E-state index contributed by atoms with van der Waals surface area (Å²) in [5.41, 5.74) is 3.58. The fraction of sp³-hybridized carbons (Fsp3) is 0.375. The zero-order valence-corrected chi connectivity index (χ0v) is 14.0. The molecule has 0 bridgehead atoms. The van der Waals surface area contributed by atoms with Gasteiger partial charge in [-0.15, -0.1) is 11.8 Å². The summed E-state index contributed by atoms with van der Waals surface area (Å²) in [7, 11) is 0. The van der Waals surface area contributed by atoms with Gasteiger partial charge in [-0.3, -0.25) is 0 Å². The number of hydrogen-bond donors (Lipinski definition) is 1. The molecule has 2 nitrogen and oxygen atoms in total. The summed E-state index contributed by atoms with van der Waals surface area (Å²) in [6.45, 7) is 8.48. The zero-order chi connectivity index (χ0) is 14.7. The summed E-state index contributed by atoms with van der Waals surface area (Å²) in [6, 6.07) is 8.51. The van der Waals surface area contributed by atoms with Crippen molar-refractivity contribution in [1.29, 1.82) is 0 Å². The standard InChI is InChI=1S/C16H20N2S2/c1-10(2)15-12(4)17-14(18-16(15)19)9-20-13-7-5-6-11(3)8-13/h5-8,10H,9H2,1-4H3,(H,17,18,19). The number of benzene rings is 1. The molecule has 4 heteroatoms. The van der Waals surface area contributed by atoms with E-state index in [9.17, 15) is 0 Å². The van der Waals surface area contributed by atoms with Gasteiger partial charge in [0, 0.05) is 16.2 Å². The minimum atomic E-state index is 0.407. The van der Waals surface area contributed by atoms with Crippen molar-refractivity contribution in [2.75, 3.05) is 0 Å². The maximum absolute atomic E-state index is 5.41. The van der Waals surface area contributed by atoms with E-state index in [0.29, 0.717) is 5.92 Å². The normalized spacial score (nSPS) is 11.1. The van der Waals surface area contributed by atoms with Gasteiger partial charge in [-0.1, -0.05) is 43.8 Å². The average molecular weight is 304 g/mol. The Kier molecular flexibility index (Phi) is 5.00. The first-order valence-electron chi connectivity index (χ1n) is 6.76. The summed E-state index contributed by atoms with van der Waals surface area (Å²) < 4.78 is 0.732. The number of nitrogens with one attached hydrogen (secondary N) is 1. The van der Waals surface area contributed by atoms with Gasteiger partial charge >= 0.3 is 0 Å². The van der Waals surface area contributed by atoms with E-state index >= 15 is 0 Å². The molecule has 0 saturated carbocycles. The number of aromatic amines is 1. The van der Waals surface area contributed by atoms with Crippen LogP contribution in [0.5, 0.6) is 0 Å². The van der Waals surface area contributed by atoms with Crippen molar-refractivity contribution in [2.45, 2.75) is 44.3 Å². The summed E-state index contributed by atoms with van der Waals surface area (Å²) in [6.07, 6.45) is 0. The maximum Gasteiger partial charge on any atom is 0.133 e. The summed E-state index contributed by atoms with van der Waals surface area (Å²) >= 11 is 7.19. The van der Waals surface area contributed by atoms with Crippen molar-refractivity contribution in [3.05, 3.63) is 51.6 Å². The van der Waals surface area contributed by atoms with Crippen LogP contribution in [0.1, 0.15) is 42.4 Å². The fourth-order valence-electron chi connectivity index (χ4n) is 2.26. The first-order valence-corrected chi connectivity index (χ1v) is 8.16. The van der Waals surface area contributed by atoms with Gasteiger partial charge in [-0.2, -0.15) is 0 Å². The summed E-state index contributed by atoms with van der Waals surface area (Å²) in [5, 5.41) is 0. The predicted molar refractivity (Wildman–Crippen MR) is 89.0 cm³/mol. The third-order valence-corrected chi connectivity index (χ3v) is 4.46. The number of hydrogen-bond acceptors (Lipinski definition) is 3. The highest BCUT2D eigenvalue weighted by Crippen LogP contribution is 2.24. The van der Waals surface area contributed by atoms with Crippen LogP contribution in [0, 0.1) is 18.5 Å². The lowest BCUT2D eigenvalue weighted by Crippen LogP contribution is -2.03. The molecule has 0 amide bonds. The van der Waals surface area contributed by atoms with Crippen molar-refractivity contribution in [3.8, 4) is 0 Å². The van der Waals surface area contributed by atoms with E-state index in [4.69, 9.17) is 12.2 Å². The molecule has 0 saturated heterocycles. The van der Waals surface area contributed by atoms with Crippen molar-refractivity contribution < 1.29 is 0 Å². The fourth-order valence-corrected chi connectivity index (χ4v) is 3.64. The molecule has 0 aliphatic rings. The predicted octanol–water partition coefficient (Wildman–Crippen LogP) is 5.17. The minimum absolute atomic E-state index is 0.407. The van der Waals surface area contributed by atoms with Gasteiger partial charge in [0.1, 0.15) is 10.5 Å². The Hall–Kier alpha value is -1.13. The SMILES string of the molecule is Cc1cccc(SCc2nc(=S)c(C(C)C)c(C)[nH]2)c1. The lowest BCUT2D eigenvalue weighted by molar-refractivity contribution is 0.810. The van der Waals surface area contributed by atoms with Gasteiger partial charge < -0.3 is 4.98 Å². The van der Waals surface area contributed by atoms with Gasteiger partial charge in [0.15, 0.2) is 0 Å². The second kappa shape index (κ2) is 6.55. The van der Waals surface area contributed by atoms with Gasteiger partial charge in [-0.05, 0) is 31.9 Å². The van der Waals surface area contributed by atoms with Crippen LogP contribution in [0.15, 0.2) is 29.2 Å². The first kappa shape index (κ1) is 15.3. The molecule has 1 aromatic heterocycles. The quantitative estimate of drug-likeness (QED) is 0.624.